The Balaban J connectivity index is 2.32. The second-order valence-corrected chi connectivity index (χ2v) is 4.66. The summed E-state index contributed by atoms with van der Waals surface area (Å²) in [5, 5.41) is 0.290. The van der Waals surface area contributed by atoms with E-state index in [4.69, 9.17) is 11.6 Å². The van der Waals surface area contributed by atoms with Gasteiger partial charge < -0.3 is 9.80 Å². The van der Waals surface area contributed by atoms with Crippen molar-refractivity contribution in [2.75, 3.05) is 25.0 Å². The molecule has 0 aromatic carbocycles. The standard InChI is InChI=1S/C12H11ClF3N3O/c1-18-4-5-19(8-2-3-10(13)17-7-8)11(18)6-9(20)12(14,15)16/h2-3,6-7H,4-5H2,1H3. The number of likely N-dealkylation sites (N-methyl/N-ethyl adjacent to an activating group) is 1. The number of hydrogen-bond acceptors (Lipinski definition) is 4. The lowest BCUT2D eigenvalue weighted by molar-refractivity contribution is -0.165. The van der Waals surface area contributed by atoms with Crippen LogP contribution in [0.15, 0.2) is 30.2 Å². The van der Waals surface area contributed by atoms with Crippen LogP contribution in [0.2, 0.25) is 5.15 Å². The van der Waals surface area contributed by atoms with Gasteiger partial charge in [0.1, 0.15) is 11.0 Å². The maximum absolute atomic E-state index is 12.4. The molecule has 1 aliphatic rings. The molecule has 1 aliphatic heterocycles. The summed E-state index contributed by atoms with van der Waals surface area (Å²) in [6.45, 7) is 0.983. The Kier molecular flexibility index (Phi) is 3.89. The smallest absolute Gasteiger partial charge is 0.359 e. The van der Waals surface area contributed by atoms with E-state index in [0.717, 1.165) is 0 Å². The molecule has 1 aromatic heterocycles. The zero-order valence-electron chi connectivity index (χ0n) is 10.5. The Morgan fingerprint density at radius 1 is 1.40 bits per heavy atom. The molecule has 20 heavy (non-hydrogen) atoms. The number of carbonyl (C=O) groups is 1. The van der Waals surface area contributed by atoms with Crippen molar-refractivity contribution in [3.8, 4) is 0 Å². The Morgan fingerprint density at radius 3 is 2.65 bits per heavy atom. The second kappa shape index (κ2) is 5.32. The third kappa shape index (κ3) is 3.04. The first kappa shape index (κ1) is 14.6. The molecule has 0 aliphatic carbocycles. The molecule has 8 heteroatoms. The van der Waals surface area contributed by atoms with E-state index >= 15 is 0 Å². The third-order valence-electron chi connectivity index (χ3n) is 2.89. The van der Waals surface area contributed by atoms with Crippen molar-refractivity contribution in [1.82, 2.24) is 9.88 Å². The molecule has 0 bridgehead atoms. The van der Waals surface area contributed by atoms with E-state index in [9.17, 15) is 18.0 Å². The summed E-state index contributed by atoms with van der Waals surface area (Å²) in [5.41, 5.74) is 0.583. The fraction of sp³-hybridized carbons (Fsp3) is 0.333. The van der Waals surface area contributed by atoms with Crippen LogP contribution in [-0.2, 0) is 4.79 Å². The average Bonchev–Trinajstić information content (AvgIpc) is 2.71. The largest absolute Gasteiger partial charge is 0.454 e. The molecule has 2 heterocycles. The fourth-order valence-electron chi connectivity index (χ4n) is 1.86. The molecule has 108 valence electrons. The maximum atomic E-state index is 12.4. The predicted molar refractivity (Wildman–Crippen MR) is 68.4 cm³/mol. The van der Waals surface area contributed by atoms with E-state index in [1.165, 1.54) is 6.20 Å². The van der Waals surface area contributed by atoms with E-state index < -0.39 is 12.0 Å². The quantitative estimate of drug-likeness (QED) is 0.621. The van der Waals surface area contributed by atoms with Crippen LogP contribution < -0.4 is 4.90 Å². The van der Waals surface area contributed by atoms with Crippen molar-refractivity contribution in [2.45, 2.75) is 6.18 Å². The van der Waals surface area contributed by atoms with Crippen LogP contribution in [0.4, 0.5) is 18.9 Å². The molecule has 0 spiro atoms. The van der Waals surface area contributed by atoms with Gasteiger partial charge in [-0.1, -0.05) is 11.6 Å². The van der Waals surface area contributed by atoms with Crippen LogP contribution in [0.5, 0.6) is 0 Å². The minimum Gasteiger partial charge on any atom is -0.359 e. The number of alkyl halides is 3. The van der Waals surface area contributed by atoms with Gasteiger partial charge in [-0.05, 0) is 12.1 Å². The van der Waals surface area contributed by atoms with Crippen LogP contribution in [0.25, 0.3) is 0 Å². The van der Waals surface area contributed by atoms with Crippen LogP contribution in [0.3, 0.4) is 0 Å². The number of ketones is 1. The highest BCUT2D eigenvalue weighted by Gasteiger charge is 2.38. The van der Waals surface area contributed by atoms with Crippen molar-refractivity contribution < 1.29 is 18.0 Å². The Hall–Kier alpha value is -1.76. The first-order chi connectivity index (χ1) is 9.29. The van der Waals surface area contributed by atoms with E-state index in [-0.39, 0.29) is 11.0 Å². The summed E-state index contributed by atoms with van der Waals surface area (Å²) in [6.07, 6.45) is -2.82. The third-order valence-corrected chi connectivity index (χ3v) is 3.11. The normalized spacial score (nSPS) is 17.9. The number of aromatic nitrogens is 1. The molecule has 0 unspecified atom stereocenters. The Morgan fingerprint density at radius 2 is 2.10 bits per heavy atom. The number of rotatable bonds is 2. The fourth-order valence-corrected chi connectivity index (χ4v) is 1.97. The number of pyridine rings is 1. The van der Waals surface area contributed by atoms with Gasteiger partial charge in [0.2, 0.25) is 0 Å². The number of allylic oxidation sites excluding steroid dienone is 1. The van der Waals surface area contributed by atoms with Gasteiger partial charge in [0.25, 0.3) is 5.78 Å². The van der Waals surface area contributed by atoms with Gasteiger partial charge in [-0.3, -0.25) is 4.79 Å². The molecule has 0 N–H and O–H groups in total. The zero-order chi connectivity index (χ0) is 14.9. The number of nitrogens with zero attached hydrogens (tertiary/aromatic N) is 3. The number of halogens is 4. The molecule has 1 fully saturated rings. The minimum absolute atomic E-state index is 0.191. The van der Waals surface area contributed by atoms with E-state index in [1.54, 1.807) is 29.0 Å². The zero-order valence-corrected chi connectivity index (χ0v) is 11.2. The van der Waals surface area contributed by atoms with Gasteiger partial charge in [0.05, 0.1) is 11.9 Å². The first-order valence-electron chi connectivity index (χ1n) is 5.72. The molecular formula is C12H11ClF3N3O. The van der Waals surface area contributed by atoms with Gasteiger partial charge in [-0.2, -0.15) is 13.2 Å². The first-order valence-corrected chi connectivity index (χ1v) is 6.10. The van der Waals surface area contributed by atoms with Crippen molar-refractivity contribution in [1.29, 1.82) is 0 Å². The molecule has 1 aromatic rings. The topological polar surface area (TPSA) is 36.4 Å². The van der Waals surface area contributed by atoms with Crippen molar-refractivity contribution in [2.24, 2.45) is 0 Å². The van der Waals surface area contributed by atoms with Gasteiger partial charge in [-0.15, -0.1) is 0 Å². The number of carbonyl (C=O) groups excluding carboxylic acids is 1. The molecule has 0 saturated carbocycles. The predicted octanol–water partition coefficient (Wildman–Crippen LogP) is 2.46. The molecule has 4 nitrogen and oxygen atoms in total. The summed E-state index contributed by atoms with van der Waals surface area (Å²) in [5.74, 6) is -1.69. The molecule has 1 saturated heterocycles. The highest BCUT2D eigenvalue weighted by molar-refractivity contribution is 6.29. The van der Waals surface area contributed by atoms with Crippen molar-refractivity contribution in [3.05, 3.63) is 35.4 Å². The van der Waals surface area contributed by atoms with E-state index in [2.05, 4.69) is 4.98 Å². The lowest BCUT2D eigenvalue weighted by atomic mass is 10.3. The molecular weight excluding hydrogens is 295 g/mol. The lowest BCUT2D eigenvalue weighted by Gasteiger charge is -2.22. The van der Waals surface area contributed by atoms with Crippen LogP contribution in [0, 0.1) is 0 Å². The van der Waals surface area contributed by atoms with Crippen LogP contribution in [0.1, 0.15) is 0 Å². The monoisotopic (exact) mass is 305 g/mol. The highest BCUT2D eigenvalue weighted by Crippen LogP contribution is 2.27. The highest BCUT2D eigenvalue weighted by atomic mass is 35.5. The van der Waals surface area contributed by atoms with E-state index in [1.807, 2.05) is 0 Å². The average molecular weight is 306 g/mol. The molecule has 0 atom stereocenters. The van der Waals surface area contributed by atoms with Crippen LogP contribution in [-0.4, -0.2) is 42.0 Å². The molecule has 2 rings (SSSR count). The van der Waals surface area contributed by atoms with Gasteiger partial charge >= 0.3 is 6.18 Å². The van der Waals surface area contributed by atoms with Gasteiger partial charge in [0.15, 0.2) is 0 Å². The van der Waals surface area contributed by atoms with Crippen molar-refractivity contribution in [3.63, 3.8) is 0 Å². The second-order valence-electron chi connectivity index (χ2n) is 4.28. The van der Waals surface area contributed by atoms with E-state index in [0.29, 0.717) is 24.9 Å². The summed E-state index contributed by atoms with van der Waals surface area (Å²) in [7, 11) is 1.62. The summed E-state index contributed by atoms with van der Waals surface area (Å²) >= 11 is 5.67. The Labute approximate surface area is 118 Å². The molecule has 0 amide bonds. The Bertz CT molecular complexity index is 542. The maximum Gasteiger partial charge on any atom is 0.454 e. The summed E-state index contributed by atoms with van der Waals surface area (Å²) < 4.78 is 37.1. The lowest BCUT2D eigenvalue weighted by Crippen LogP contribution is -2.26. The molecule has 0 radical (unpaired) electrons. The van der Waals surface area contributed by atoms with Gasteiger partial charge in [-0.25, -0.2) is 4.98 Å². The van der Waals surface area contributed by atoms with Gasteiger partial charge in [0, 0.05) is 26.2 Å². The summed E-state index contributed by atoms with van der Waals surface area (Å²) in [4.78, 5) is 18.2. The number of hydrogen-bond donors (Lipinski definition) is 0. The summed E-state index contributed by atoms with van der Waals surface area (Å²) in [6, 6.07) is 3.18. The van der Waals surface area contributed by atoms with Crippen molar-refractivity contribution >= 4 is 23.1 Å². The van der Waals surface area contributed by atoms with Crippen LogP contribution >= 0.6 is 11.6 Å². The number of anilines is 1. The minimum atomic E-state index is -4.87. The SMILES string of the molecule is CN1CCN(c2ccc(Cl)nc2)C1=CC(=O)C(F)(F)F.